The second-order valence-electron chi connectivity index (χ2n) is 4.03. The van der Waals surface area contributed by atoms with Gasteiger partial charge in [-0.2, -0.15) is 9.36 Å². The molecule has 3 rings (SSSR count). The van der Waals surface area contributed by atoms with E-state index in [-0.39, 0.29) is 0 Å². The van der Waals surface area contributed by atoms with E-state index < -0.39 is 6.03 Å². The second-order valence-corrected chi connectivity index (χ2v) is 4.78. The van der Waals surface area contributed by atoms with Crippen LogP contribution in [-0.2, 0) is 6.42 Å². The largest absolute Gasteiger partial charge is 0.373 e. The van der Waals surface area contributed by atoms with Gasteiger partial charge in [0.15, 0.2) is 0 Å². The van der Waals surface area contributed by atoms with E-state index in [1.54, 1.807) is 0 Å². The van der Waals surface area contributed by atoms with Crippen molar-refractivity contribution in [2.75, 3.05) is 0 Å². The van der Waals surface area contributed by atoms with E-state index in [1.807, 2.05) is 30.3 Å². The lowest BCUT2D eigenvalue weighted by atomic mass is 10.1. The molecule has 0 saturated carbocycles. The first-order chi connectivity index (χ1) is 9.75. The molecule has 0 amide bonds. The molecule has 0 aliphatic carbocycles. The van der Waals surface area contributed by atoms with Gasteiger partial charge in [-0.15, -0.1) is 10.2 Å². The summed E-state index contributed by atoms with van der Waals surface area (Å²) in [6, 6.07) is 9.39. The lowest BCUT2D eigenvalue weighted by Crippen LogP contribution is -2.21. The van der Waals surface area contributed by atoms with Gasteiger partial charge < -0.3 is 0 Å². The molecule has 0 saturated heterocycles. The van der Waals surface area contributed by atoms with Gasteiger partial charge >= 0.3 is 6.03 Å². The molecule has 0 spiro atoms. The predicted octanol–water partition coefficient (Wildman–Crippen LogP) is 1.74. The molecule has 0 aliphatic heterocycles. The van der Waals surface area contributed by atoms with Gasteiger partial charge in [-0.3, -0.25) is 0 Å². The van der Waals surface area contributed by atoms with Crippen LogP contribution in [0.4, 0.5) is 4.79 Å². The summed E-state index contributed by atoms with van der Waals surface area (Å²) >= 11 is 3.35. The zero-order chi connectivity index (χ0) is 13.9. The van der Waals surface area contributed by atoms with Gasteiger partial charge in [0, 0.05) is 6.42 Å². The topological polar surface area (TPSA) is 78.5 Å². The molecule has 0 radical (unpaired) electrons. The SMILES string of the molecule is O=C(n1ccnn1)n1nnc(Cc2ccccc2)c1Br. The number of carbonyl (C=O) groups is 1. The average Bonchev–Trinajstić information content (AvgIpc) is 3.11. The molecule has 8 heteroatoms. The van der Waals surface area contributed by atoms with E-state index in [0.29, 0.717) is 16.7 Å². The number of halogens is 1. The number of hydrogen-bond acceptors (Lipinski definition) is 5. The van der Waals surface area contributed by atoms with Gasteiger partial charge in [-0.25, -0.2) is 4.79 Å². The van der Waals surface area contributed by atoms with E-state index in [4.69, 9.17) is 0 Å². The second kappa shape index (κ2) is 5.33. The summed E-state index contributed by atoms with van der Waals surface area (Å²) in [6.45, 7) is 0. The standard InChI is InChI=1S/C12H9BrN6O/c13-11-10(8-9-4-2-1-3-5-9)15-17-19(11)12(20)18-7-6-14-16-18/h1-7H,8H2. The fraction of sp³-hybridized carbons (Fsp3) is 0.0833. The third-order valence-electron chi connectivity index (χ3n) is 2.69. The zero-order valence-electron chi connectivity index (χ0n) is 10.2. The number of hydrogen-bond donors (Lipinski definition) is 0. The quantitative estimate of drug-likeness (QED) is 0.714. The Bertz CT molecular complexity index is 722. The number of benzene rings is 1. The Balaban J connectivity index is 1.87. The molecule has 0 bridgehead atoms. The van der Waals surface area contributed by atoms with Crippen molar-refractivity contribution < 1.29 is 4.79 Å². The van der Waals surface area contributed by atoms with E-state index >= 15 is 0 Å². The monoisotopic (exact) mass is 332 g/mol. The maximum atomic E-state index is 12.1. The minimum absolute atomic E-state index is 0.443. The molecule has 1 aromatic carbocycles. The van der Waals surface area contributed by atoms with E-state index in [1.165, 1.54) is 12.4 Å². The van der Waals surface area contributed by atoms with Gasteiger partial charge in [0.05, 0.1) is 12.4 Å². The van der Waals surface area contributed by atoms with Crippen molar-refractivity contribution in [3.8, 4) is 0 Å². The molecule has 3 aromatic rings. The van der Waals surface area contributed by atoms with Gasteiger partial charge in [0.1, 0.15) is 10.3 Å². The van der Waals surface area contributed by atoms with Gasteiger partial charge in [-0.1, -0.05) is 40.8 Å². The normalized spacial score (nSPS) is 10.7. The van der Waals surface area contributed by atoms with Crippen LogP contribution in [0.15, 0.2) is 47.3 Å². The molecule has 7 nitrogen and oxygen atoms in total. The summed E-state index contributed by atoms with van der Waals surface area (Å²) in [5.41, 5.74) is 1.78. The van der Waals surface area contributed by atoms with Gasteiger partial charge in [0.25, 0.3) is 0 Å². The molecule has 0 aliphatic rings. The summed E-state index contributed by atoms with van der Waals surface area (Å²) in [6.07, 6.45) is 3.47. The third kappa shape index (κ3) is 2.37. The molecule has 20 heavy (non-hydrogen) atoms. The first-order valence-corrected chi connectivity index (χ1v) is 6.60. The first kappa shape index (κ1) is 12.7. The van der Waals surface area contributed by atoms with Crippen LogP contribution < -0.4 is 0 Å². The van der Waals surface area contributed by atoms with Gasteiger partial charge in [-0.05, 0) is 21.5 Å². The summed E-state index contributed by atoms with van der Waals surface area (Å²) in [7, 11) is 0. The molecule has 0 N–H and O–H groups in total. The Kier molecular flexibility index (Phi) is 3.38. The van der Waals surface area contributed by atoms with Gasteiger partial charge in [0.2, 0.25) is 0 Å². The number of rotatable bonds is 2. The Morgan fingerprint density at radius 1 is 1.20 bits per heavy atom. The minimum Gasteiger partial charge on any atom is -0.243 e. The van der Waals surface area contributed by atoms with Crippen LogP contribution >= 0.6 is 15.9 Å². The van der Waals surface area contributed by atoms with Crippen LogP contribution in [0.3, 0.4) is 0 Å². The molecule has 2 heterocycles. The van der Waals surface area contributed by atoms with Crippen LogP contribution in [-0.4, -0.2) is 36.0 Å². The van der Waals surface area contributed by atoms with Crippen molar-refractivity contribution in [2.24, 2.45) is 0 Å². The Labute approximate surface area is 122 Å². The van der Waals surface area contributed by atoms with Crippen LogP contribution in [0.25, 0.3) is 0 Å². The zero-order valence-corrected chi connectivity index (χ0v) is 11.8. The number of carbonyl (C=O) groups excluding carboxylic acids is 1. The third-order valence-corrected chi connectivity index (χ3v) is 3.49. The molecule has 2 aromatic heterocycles. The summed E-state index contributed by atoms with van der Waals surface area (Å²) < 4.78 is 2.75. The molecular formula is C12H9BrN6O. The summed E-state index contributed by atoms with van der Waals surface area (Å²) in [5.74, 6) is 0. The summed E-state index contributed by atoms with van der Waals surface area (Å²) in [4.78, 5) is 12.1. The fourth-order valence-corrected chi connectivity index (χ4v) is 2.17. The molecular weight excluding hydrogens is 324 g/mol. The molecule has 0 fully saturated rings. The highest BCUT2D eigenvalue weighted by Gasteiger charge is 2.18. The highest BCUT2D eigenvalue weighted by Crippen LogP contribution is 2.17. The van der Waals surface area contributed by atoms with Crippen molar-refractivity contribution in [1.82, 2.24) is 30.0 Å². The van der Waals surface area contributed by atoms with E-state index in [2.05, 4.69) is 36.6 Å². The first-order valence-electron chi connectivity index (χ1n) is 5.81. The minimum atomic E-state index is -0.443. The molecule has 100 valence electrons. The maximum absolute atomic E-state index is 12.1. The Hall–Kier alpha value is -2.35. The van der Waals surface area contributed by atoms with Crippen molar-refractivity contribution in [1.29, 1.82) is 0 Å². The van der Waals surface area contributed by atoms with Crippen LogP contribution in [0, 0.1) is 0 Å². The van der Waals surface area contributed by atoms with Crippen molar-refractivity contribution >= 4 is 22.0 Å². The lowest BCUT2D eigenvalue weighted by molar-refractivity contribution is 0.236. The van der Waals surface area contributed by atoms with E-state index in [9.17, 15) is 4.79 Å². The Morgan fingerprint density at radius 3 is 2.70 bits per heavy atom. The molecule has 0 unspecified atom stereocenters. The molecule has 0 atom stereocenters. The van der Waals surface area contributed by atoms with Crippen molar-refractivity contribution in [3.05, 3.63) is 58.6 Å². The summed E-state index contributed by atoms with van der Waals surface area (Å²) in [5, 5.41) is 15.1. The predicted molar refractivity (Wildman–Crippen MR) is 73.2 cm³/mol. The average molecular weight is 333 g/mol. The highest BCUT2D eigenvalue weighted by molar-refractivity contribution is 9.10. The van der Waals surface area contributed by atoms with Crippen molar-refractivity contribution in [3.63, 3.8) is 0 Å². The highest BCUT2D eigenvalue weighted by atomic mass is 79.9. The Morgan fingerprint density at radius 2 is 2.00 bits per heavy atom. The number of nitrogens with zero attached hydrogens (tertiary/aromatic N) is 6. The maximum Gasteiger partial charge on any atom is 0.373 e. The lowest BCUT2D eigenvalue weighted by Gasteiger charge is -2.00. The van der Waals surface area contributed by atoms with Crippen LogP contribution in [0.2, 0.25) is 0 Å². The fourth-order valence-electron chi connectivity index (χ4n) is 1.73. The van der Waals surface area contributed by atoms with Crippen molar-refractivity contribution in [2.45, 2.75) is 6.42 Å². The van der Waals surface area contributed by atoms with Crippen LogP contribution in [0.5, 0.6) is 0 Å². The number of aromatic nitrogens is 6. The van der Waals surface area contributed by atoms with Crippen LogP contribution in [0.1, 0.15) is 11.3 Å². The smallest absolute Gasteiger partial charge is 0.243 e. The van der Waals surface area contributed by atoms with E-state index in [0.717, 1.165) is 14.9 Å².